The predicted octanol–water partition coefficient (Wildman–Crippen LogP) is 1.04. The summed E-state index contributed by atoms with van der Waals surface area (Å²) in [7, 11) is 0. The molecule has 1 amide bonds. The fraction of sp³-hybridized carbons (Fsp3) is 0.857. The zero-order valence-electron chi connectivity index (χ0n) is 11.7. The Balaban J connectivity index is 1.89. The van der Waals surface area contributed by atoms with Gasteiger partial charge in [-0.2, -0.15) is 0 Å². The number of hydrogen-bond donors (Lipinski definition) is 1. The molecule has 2 fully saturated rings. The van der Waals surface area contributed by atoms with Crippen LogP contribution < -0.4 is 0 Å². The standard InChI is InChI=1S/C14H24N2O3/c1-2-6-15-7-9-16(10-8-15)13(17)11-4-3-5-12(11)14(18)19/h11-12H,2-10H2,1H3,(H,18,19). The van der Waals surface area contributed by atoms with Crippen LogP contribution in [-0.2, 0) is 9.59 Å². The van der Waals surface area contributed by atoms with Crippen molar-refractivity contribution >= 4 is 11.9 Å². The van der Waals surface area contributed by atoms with E-state index in [-0.39, 0.29) is 11.8 Å². The fourth-order valence-electron chi connectivity index (χ4n) is 3.29. The summed E-state index contributed by atoms with van der Waals surface area (Å²) in [5, 5.41) is 9.16. The Morgan fingerprint density at radius 3 is 2.32 bits per heavy atom. The highest BCUT2D eigenvalue weighted by molar-refractivity contribution is 5.85. The van der Waals surface area contributed by atoms with Crippen molar-refractivity contribution in [3.8, 4) is 0 Å². The summed E-state index contributed by atoms with van der Waals surface area (Å²) in [5.41, 5.74) is 0. The van der Waals surface area contributed by atoms with E-state index in [4.69, 9.17) is 5.11 Å². The van der Waals surface area contributed by atoms with Crippen molar-refractivity contribution in [2.75, 3.05) is 32.7 Å². The van der Waals surface area contributed by atoms with E-state index < -0.39 is 11.9 Å². The second kappa shape index (κ2) is 6.37. The molecule has 5 nitrogen and oxygen atoms in total. The van der Waals surface area contributed by atoms with Crippen molar-refractivity contribution < 1.29 is 14.7 Å². The number of nitrogens with zero attached hydrogens (tertiary/aromatic N) is 2. The van der Waals surface area contributed by atoms with Crippen molar-refractivity contribution in [3.63, 3.8) is 0 Å². The number of aliphatic carboxylic acids is 1. The minimum absolute atomic E-state index is 0.0704. The third-order valence-electron chi connectivity index (χ3n) is 4.37. The molecule has 0 bridgehead atoms. The van der Waals surface area contributed by atoms with Crippen LogP contribution in [-0.4, -0.2) is 59.5 Å². The van der Waals surface area contributed by atoms with Crippen molar-refractivity contribution in [1.82, 2.24) is 9.80 Å². The minimum Gasteiger partial charge on any atom is -0.481 e. The summed E-state index contributed by atoms with van der Waals surface area (Å²) in [4.78, 5) is 27.8. The number of hydrogen-bond acceptors (Lipinski definition) is 3. The maximum atomic E-state index is 12.4. The Bertz CT molecular complexity index is 338. The van der Waals surface area contributed by atoms with E-state index >= 15 is 0 Å². The second-order valence-electron chi connectivity index (χ2n) is 5.65. The molecule has 1 heterocycles. The lowest BCUT2D eigenvalue weighted by molar-refractivity contribution is -0.149. The van der Waals surface area contributed by atoms with Gasteiger partial charge in [-0.05, 0) is 25.8 Å². The van der Waals surface area contributed by atoms with Crippen LogP contribution in [0.2, 0.25) is 0 Å². The summed E-state index contributed by atoms with van der Waals surface area (Å²) in [5.74, 6) is -1.47. The fourth-order valence-corrected chi connectivity index (χ4v) is 3.29. The molecular formula is C14H24N2O3. The molecule has 1 saturated carbocycles. The first-order chi connectivity index (χ1) is 9.13. The van der Waals surface area contributed by atoms with Crippen LogP contribution in [0.15, 0.2) is 0 Å². The van der Waals surface area contributed by atoms with Crippen molar-refractivity contribution in [2.24, 2.45) is 11.8 Å². The maximum absolute atomic E-state index is 12.4. The molecule has 2 aliphatic rings. The average Bonchev–Trinajstić information content (AvgIpc) is 2.88. The smallest absolute Gasteiger partial charge is 0.307 e. The normalized spacial score (nSPS) is 28.6. The highest BCUT2D eigenvalue weighted by atomic mass is 16.4. The lowest BCUT2D eigenvalue weighted by Crippen LogP contribution is -2.51. The first kappa shape index (κ1) is 14.3. The Kier molecular flexibility index (Phi) is 4.80. The van der Waals surface area contributed by atoms with E-state index in [1.54, 1.807) is 0 Å². The summed E-state index contributed by atoms with van der Waals surface area (Å²) in [6, 6.07) is 0. The molecule has 1 saturated heterocycles. The van der Waals surface area contributed by atoms with Gasteiger partial charge in [-0.15, -0.1) is 0 Å². The summed E-state index contributed by atoms with van der Waals surface area (Å²) in [6.45, 7) is 6.59. The molecule has 5 heteroatoms. The molecule has 108 valence electrons. The van der Waals surface area contributed by atoms with Gasteiger partial charge in [0.25, 0.3) is 0 Å². The van der Waals surface area contributed by atoms with Gasteiger partial charge in [0, 0.05) is 26.2 Å². The third-order valence-corrected chi connectivity index (χ3v) is 4.37. The molecule has 2 atom stereocenters. The number of amides is 1. The molecular weight excluding hydrogens is 244 g/mol. The summed E-state index contributed by atoms with van der Waals surface area (Å²) in [6.07, 6.45) is 3.40. The lowest BCUT2D eigenvalue weighted by Gasteiger charge is -2.36. The summed E-state index contributed by atoms with van der Waals surface area (Å²) < 4.78 is 0. The number of carboxylic acid groups (broad SMARTS) is 1. The van der Waals surface area contributed by atoms with Gasteiger partial charge in [-0.1, -0.05) is 13.3 Å². The molecule has 1 aliphatic heterocycles. The number of piperazine rings is 1. The van der Waals surface area contributed by atoms with E-state index in [1.165, 1.54) is 0 Å². The Hall–Kier alpha value is -1.10. The van der Waals surface area contributed by atoms with Crippen molar-refractivity contribution in [1.29, 1.82) is 0 Å². The Morgan fingerprint density at radius 2 is 1.74 bits per heavy atom. The largest absolute Gasteiger partial charge is 0.481 e. The van der Waals surface area contributed by atoms with E-state index in [0.29, 0.717) is 6.42 Å². The molecule has 2 unspecified atom stereocenters. The van der Waals surface area contributed by atoms with Crippen LogP contribution in [0.4, 0.5) is 0 Å². The van der Waals surface area contributed by atoms with Crippen LogP contribution in [0.1, 0.15) is 32.6 Å². The molecule has 19 heavy (non-hydrogen) atoms. The van der Waals surface area contributed by atoms with Crippen LogP contribution in [0.3, 0.4) is 0 Å². The van der Waals surface area contributed by atoms with Crippen LogP contribution >= 0.6 is 0 Å². The van der Waals surface area contributed by atoms with E-state index in [2.05, 4.69) is 11.8 Å². The summed E-state index contributed by atoms with van der Waals surface area (Å²) >= 11 is 0. The number of carbonyl (C=O) groups is 2. The maximum Gasteiger partial charge on any atom is 0.307 e. The van der Waals surface area contributed by atoms with Crippen molar-refractivity contribution in [2.45, 2.75) is 32.6 Å². The van der Waals surface area contributed by atoms with Gasteiger partial charge >= 0.3 is 5.97 Å². The number of carboxylic acids is 1. The van der Waals surface area contributed by atoms with Gasteiger partial charge in [0.05, 0.1) is 11.8 Å². The van der Waals surface area contributed by atoms with Gasteiger partial charge in [-0.25, -0.2) is 0 Å². The van der Waals surface area contributed by atoms with Crippen LogP contribution in [0.5, 0.6) is 0 Å². The Morgan fingerprint density at radius 1 is 1.11 bits per heavy atom. The molecule has 0 aromatic rings. The third kappa shape index (κ3) is 3.26. The number of carbonyl (C=O) groups excluding carboxylic acids is 1. The topological polar surface area (TPSA) is 60.9 Å². The van der Waals surface area contributed by atoms with Crippen molar-refractivity contribution in [3.05, 3.63) is 0 Å². The molecule has 1 aliphatic carbocycles. The minimum atomic E-state index is -0.805. The second-order valence-corrected chi connectivity index (χ2v) is 5.65. The monoisotopic (exact) mass is 268 g/mol. The van der Waals surface area contributed by atoms with Gasteiger partial charge in [-0.3, -0.25) is 14.5 Å². The quantitative estimate of drug-likeness (QED) is 0.827. The Labute approximate surface area is 114 Å². The zero-order valence-corrected chi connectivity index (χ0v) is 11.7. The van der Waals surface area contributed by atoms with E-state index in [0.717, 1.165) is 52.0 Å². The van der Waals surface area contributed by atoms with E-state index in [9.17, 15) is 9.59 Å². The molecule has 1 N–H and O–H groups in total. The first-order valence-electron chi connectivity index (χ1n) is 7.37. The highest BCUT2D eigenvalue weighted by Gasteiger charge is 2.40. The van der Waals surface area contributed by atoms with Gasteiger partial charge in [0.2, 0.25) is 5.91 Å². The SMILES string of the molecule is CCCN1CCN(C(=O)C2CCCC2C(=O)O)CC1. The van der Waals surface area contributed by atoms with Gasteiger partial charge in [0.1, 0.15) is 0 Å². The highest BCUT2D eigenvalue weighted by Crippen LogP contribution is 2.33. The number of rotatable bonds is 4. The molecule has 2 rings (SSSR count). The van der Waals surface area contributed by atoms with Gasteiger partial charge in [0.15, 0.2) is 0 Å². The van der Waals surface area contributed by atoms with E-state index in [1.807, 2.05) is 4.90 Å². The van der Waals surface area contributed by atoms with Gasteiger partial charge < -0.3 is 10.0 Å². The molecule has 0 radical (unpaired) electrons. The average molecular weight is 268 g/mol. The van der Waals surface area contributed by atoms with Crippen LogP contribution in [0.25, 0.3) is 0 Å². The first-order valence-corrected chi connectivity index (χ1v) is 7.37. The molecule has 0 spiro atoms. The predicted molar refractivity (Wildman–Crippen MR) is 71.8 cm³/mol. The van der Waals surface area contributed by atoms with Crippen LogP contribution in [0, 0.1) is 11.8 Å². The lowest BCUT2D eigenvalue weighted by atomic mass is 9.94. The zero-order chi connectivity index (χ0) is 13.8. The molecule has 0 aromatic carbocycles. The molecule has 0 aromatic heterocycles.